The van der Waals surface area contributed by atoms with Crippen LogP contribution in [0.5, 0.6) is 0 Å². The Morgan fingerprint density at radius 3 is 2.26 bits per heavy atom. The zero-order valence-corrected chi connectivity index (χ0v) is 22.4. The first-order valence-corrected chi connectivity index (χ1v) is 14.1. The van der Waals surface area contributed by atoms with Crippen molar-refractivity contribution in [2.24, 2.45) is 0 Å². The van der Waals surface area contributed by atoms with E-state index in [1.807, 2.05) is 47.4 Å². The monoisotopic (exact) mass is 509 g/mol. The highest BCUT2D eigenvalue weighted by Crippen LogP contribution is 2.40. The zero-order chi connectivity index (χ0) is 26.3. The highest BCUT2D eigenvalue weighted by atomic mass is 16.2. The molecule has 2 fully saturated rings. The van der Waals surface area contributed by atoms with Crippen LogP contribution >= 0.6 is 0 Å². The molecule has 3 aromatic carbocycles. The molecule has 0 bridgehead atoms. The van der Waals surface area contributed by atoms with Gasteiger partial charge in [0, 0.05) is 30.6 Å². The molecule has 0 radical (unpaired) electrons. The minimum absolute atomic E-state index is 0.0582. The van der Waals surface area contributed by atoms with Crippen LogP contribution in [0.15, 0.2) is 78.9 Å². The van der Waals surface area contributed by atoms with Gasteiger partial charge in [0.25, 0.3) is 5.91 Å². The third-order valence-electron chi connectivity index (χ3n) is 7.90. The van der Waals surface area contributed by atoms with Crippen molar-refractivity contribution >= 4 is 11.8 Å². The Labute approximate surface area is 226 Å². The van der Waals surface area contributed by atoms with Gasteiger partial charge in [0.15, 0.2) is 0 Å². The van der Waals surface area contributed by atoms with E-state index in [0.717, 1.165) is 56.4 Å². The molecule has 1 heterocycles. The van der Waals surface area contributed by atoms with E-state index in [1.54, 1.807) is 0 Å². The van der Waals surface area contributed by atoms with E-state index in [9.17, 15) is 9.59 Å². The molecule has 3 aromatic rings. The van der Waals surface area contributed by atoms with Crippen molar-refractivity contribution in [3.05, 3.63) is 95.6 Å². The minimum atomic E-state index is -0.497. The summed E-state index contributed by atoms with van der Waals surface area (Å²) in [5.41, 5.74) is 5.45. The molecule has 198 valence electrons. The second kappa shape index (κ2) is 12.4. The lowest BCUT2D eigenvalue weighted by Crippen LogP contribution is -2.50. The topological polar surface area (TPSA) is 61.4 Å². The summed E-state index contributed by atoms with van der Waals surface area (Å²) < 4.78 is 0. The Bertz CT molecular complexity index is 1200. The molecule has 2 amide bonds. The highest BCUT2D eigenvalue weighted by molar-refractivity contribution is 5.98. The number of likely N-dealkylation sites (tertiary alicyclic amines) is 1. The number of carbonyl (C=O) groups is 2. The molecule has 1 saturated heterocycles. The van der Waals surface area contributed by atoms with E-state index in [1.165, 1.54) is 17.5 Å². The summed E-state index contributed by atoms with van der Waals surface area (Å²) in [7, 11) is 0. The molecule has 5 heteroatoms. The first-order valence-electron chi connectivity index (χ1n) is 14.1. The molecule has 5 rings (SSSR count). The summed E-state index contributed by atoms with van der Waals surface area (Å²) in [5.74, 6) is 0.456. The Morgan fingerprint density at radius 2 is 1.55 bits per heavy atom. The molecule has 1 aliphatic heterocycles. The van der Waals surface area contributed by atoms with Gasteiger partial charge in [-0.3, -0.25) is 9.59 Å². The number of hydrogen-bond acceptors (Lipinski definition) is 3. The highest BCUT2D eigenvalue weighted by Gasteiger charge is 2.37. The third-order valence-corrected chi connectivity index (χ3v) is 7.90. The average Bonchev–Trinajstić information content (AvgIpc) is 3.75. The van der Waals surface area contributed by atoms with E-state index < -0.39 is 6.04 Å². The molecule has 0 spiro atoms. The van der Waals surface area contributed by atoms with E-state index in [-0.39, 0.29) is 11.8 Å². The van der Waals surface area contributed by atoms with Gasteiger partial charge in [-0.05, 0) is 80.8 Å². The zero-order valence-electron chi connectivity index (χ0n) is 22.4. The van der Waals surface area contributed by atoms with E-state index >= 15 is 0 Å². The molecule has 2 N–H and O–H groups in total. The van der Waals surface area contributed by atoms with E-state index in [0.29, 0.717) is 23.9 Å². The molecule has 1 aliphatic carbocycles. The van der Waals surface area contributed by atoms with Crippen LogP contribution in [0.1, 0.15) is 65.9 Å². The van der Waals surface area contributed by atoms with Crippen molar-refractivity contribution in [2.75, 3.05) is 19.6 Å². The number of benzene rings is 3. The fraction of sp³-hybridized carbons (Fsp3) is 0.394. The lowest BCUT2D eigenvalue weighted by molar-refractivity contribution is -0.134. The second-order valence-electron chi connectivity index (χ2n) is 10.8. The summed E-state index contributed by atoms with van der Waals surface area (Å²) in [6.45, 7) is 4.54. The lowest BCUT2D eigenvalue weighted by atomic mass is 10.0. The molecular formula is C33H39N3O2. The van der Waals surface area contributed by atoms with Gasteiger partial charge in [-0.15, -0.1) is 0 Å². The molecule has 5 nitrogen and oxygen atoms in total. The number of piperidine rings is 1. The summed E-state index contributed by atoms with van der Waals surface area (Å²) in [5, 5.41) is 6.74. The van der Waals surface area contributed by atoms with Crippen molar-refractivity contribution in [3.8, 4) is 11.1 Å². The van der Waals surface area contributed by atoms with E-state index in [2.05, 4.69) is 54.0 Å². The number of nitrogens with zero attached hydrogens (tertiary/aromatic N) is 1. The first kappa shape index (κ1) is 26.2. The number of nitrogens with one attached hydrogen (secondary N) is 2. The van der Waals surface area contributed by atoms with Crippen LogP contribution in [0.25, 0.3) is 11.1 Å². The fourth-order valence-electron chi connectivity index (χ4n) is 5.47. The van der Waals surface area contributed by atoms with Gasteiger partial charge in [-0.2, -0.15) is 0 Å². The van der Waals surface area contributed by atoms with Crippen LogP contribution in [0, 0.1) is 6.92 Å². The van der Waals surface area contributed by atoms with E-state index in [4.69, 9.17) is 0 Å². The van der Waals surface area contributed by atoms with Crippen LogP contribution < -0.4 is 10.6 Å². The van der Waals surface area contributed by atoms with Crippen LogP contribution in [-0.4, -0.2) is 48.4 Å². The molecule has 0 aromatic heterocycles. The van der Waals surface area contributed by atoms with Gasteiger partial charge in [-0.25, -0.2) is 0 Å². The number of carbonyl (C=O) groups excluding carboxylic acids is 2. The maximum atomic E-state index is 13.4. The minimum Gasteiger partial charge on any atom is -0.341 e. The van der Waals surface area contributed by atoms with Crippen LogP contribution in [0.2, 0.25) is 0 Å². The molecule has 0 unspecified atom stereocenters. The maximum absolute atomic E-state index is 13.4. The van der Waals surface area contributed by atoms with Crippen LogP contribution in [0.3, 0.4) is 0 Å². The smallest absolute Gasteiger partial charge is 0.251 e. The Hall–Kier alpha value is -3.44. The quantitative estimate of drug-likeness (QED) is 0.345. The molecular weight excluding hydrogens is 470 g/mol. The molecule has 2 aliphatic rings. The predicted molar refractivity (Wildman–Crippen MR) is 153 cm³/mol. The maximum Gasteiger partial charge on any atom is 0.251 e. The number of aryl methyl sites for hydroxylation is 1. The largest absolute Gasteiger partial charge is 0.341 e. The van der Waals surface area contributed by atoms with Gasteiger partial charge in [0.05, 0.1) is 0 Å². The standard InChI is InChI=1S/C33H39N3O2/c1-24-12-14-27(15-13-24)29-23-31(29)34-20-8-11-30(33(38)36-21-6-3-7-22-36)35-32(37)28-18-16-26(17-19-28)25-9-4-2-5-10-25/h2,4-5,9-10,12-19,29-31,34H,3,6-8,11,20-23H2,1H3,(H,35,37)/t29-,30-,31+/m0/s1. The summed E-state index contributed by atoms with van der Waals surface area (Å²) >= 11 is 0. The normalized spacial score (nSPS) is 19.6. The van der Waals surface area contributed by atoms with Gasteiger partial charge in [0.2, 0.25) is 5.91 Å². The van der Waals surface area contributed by atoms with Crippen molar-refractivity contribution in [3.63, 3.8) is 0 Å². The fourth-order valence-corrected chi connectivity index (χ4v) is 5.47. The third kappa shape index (κ3) is 6.70. The lowest BCUT2D eigenvalue weighted by Gasteiger charge is -2.31. The number of amides is 2. The van der Waals surface area contributed by atoms with Gasteiger partial charge in [0.1, 0.15) is 6.04 Å². The molecule has 1 saturated carbocycles. The van der Waals surface area contributed by atoms with Gasteiger partial charge in [-0.1, -0.05) is 72.3 Å². The van der Waals surface area contributed by atoms with Crippen molar-refractivity contribution < 1.29 is 9.59 Å². The van der Waals surface area contributed by atoms with Crippen molar-refractivity contribution in [1.29, 1.82) is 0 Å². The summed E-state index contributed by atoms with van der Waals surface area (Å²) in [6.07, 6.45) is 5.89. The number of rotatable bonds is 10. The molecule has 38 heavy (non-hydrogen) atoms. The Balaban J connectivity index is 1.16. The predicted octanol–water partition coefficient (Wildman–Crippen LogP) is 5.70. The van der Waals surface area contributed by atoms with Crippen molar-refractivity contribution in [2.45, 2.75) is 63.5 Å². The van der Waals surface area contributed by atoms with Crippen LogP contribution in [0.4, 0.5) is 0 Å². The van der Waals surface area contributed by atoms with Crippen LogP contribution in [-0.2, 0) is 4.79 Å². The Morgan fingerprint density at radius 1 is 0.868 bits per heavy atom. The first-order chi connectivity index (χ1) is 18.6. The Kier molecular flexibility index (Phi) is 8.54. The van der Waals surface area contributed by atoms with Gasteiger partial charge >= 0.3 is 0 Å². The average molecular weight is 510 g/mol. The SMILES string of the molecule is Cc1ccc([C@@H]2C[C@H]2NCCC[C@H](NC(=O)c2ccc(-c3ccccc3)cc2)C(=O)N2CCCCC2)cc1. The molecule has 3 atom stereocenters. The van der Waals surface area contributed by atoms with Crippen molar-refractivity contribution in [1.82, 2.24) is 15.5 Å². The summed E-state index contributed by atoms with van der Waals surface area (Å²) in [4.78, 5) is 28.5. The number of hydrogen-bond donors (Lipinski definition) is 2. The summed E-state index contributed by atoms with van der Waals surface area (Å²) in [6, 6.07) is 26.6. The van der Waals surface area contributed by atoms with Gasteiger partial charge < -0.3 is 15.5 Å². The second-order valence-corrected chi connectivity index (χ2v) is 10.8.